The van der Waals surface area contributed by atoms with Crippen LogP contribution in [0.4, 0.5) is 0 Å². The van der Waals surface area contributed by atoms with Crippen molar-refractivity contribution in [2.24, 2.45) is 11.7 Å². The van der Waals surface area contributed by atoms with Crippen LogP contribution >= 0.6 is 0 Å². The molecule has 1 rings (SSSR count). The summed E-state index contributed by atoms with van der Waals surface area (Å²) in [6.07, 6.45) is 3.59. The Balaban J connectivity index is 2.52. The maximum absolute atomic E-state index is 11.8. The summed E-state index contributed by atoms with van der Waals surface area (Å²) in [5, 5.41) is 2.95. The van der Waals surface area contributed by atoms with E-state index in [-0.39, 0.29) is 11.9 Å². The molecule has 4 heteroatoms. The molecule has 2 unspecified atom stereocenters. The number of rotatable bonds is 5. The summed E-state index contributed by atoms with van der Waals surface area (Å²) in [7, 11) is 0. The Labute approximate surface area is 105 Å². The van der Waals surface area contributed by atoms with Crippen molar-refractivity contribution in [3.63, 3.8) is 0 Å². The molecule has 0 saturated carbocycles. The van der Waals surface area contributed by atoms with Crippen molar-refractivity contribution >= 4 is 5.91 Å². The first-order valence-corrected chi connectivity index (χ1v) is 6.82. The molecule has 0 spiro atoms. The third-order valence-corrected chi connectivity index (χ3v) is 3.60. The van der Waals surface area contributed by atoms with Gasteiger partial charge in [-0.25, -0.2) is 0 Å². The molecular formula is C13H27N3O. The second-order valence-corrected chi connectivity index (χ2v) is 5.31. The van der Waals surface area contributed by atoms with E-state index in [1.165, 1.54) is 12.8 Å². The number of nitrogens with one attached hydrogen (secondary N) is 1. The predicted octanol–water partition coefficient (Wildman–Crippen LogP) is 0.960. The van der Waals surface area contributed by atoms with Gasteiger partial charge in [-0.3, -0.25) is 9.69 Å². The standard InChI is InChI=1S/C13H27N3O/c1-4-11-6-5-7-16(12(11)8-14)9-13(17)15-10(2)3/h10-12H,4-9,14H2,1-3H3,(H,15,17). The number of likely N-dealkylation sites (tertiary alicyclic amines) is 1. The van der Waals surface area contributed by atoms with Crippen molar-refractivity contribution in [1.29, 1.82) is 0 Å². The van der Waals surface area contributed by atoms with E-state index in [0.717, 1.165) is 13.0 Å². The van der Waals surface area contributed by atoms with Crippen LogP contribution < -0.4 is 11.1 Å². The average Bonchev–Trinajstić information content (AvgIpc) is 2.27. The Morgan fingerprint density at radius 1 is 1.53 bits per heavy atom. The molecule has 2 atom stereocenters. The van der Waals surface area contributed by atoms with Gasteiger partial charge in [0.25, 0.3) is 0 Å². The van der Waals surface area contributed by atoms with Crippen LogP contribution in [0.25, 0.3) is 0 Å². The highest BCUT2D eigenvalue weighted by molar-refractivity contribution is 5.78. The van der Waals surface area contributed by atoms with Gasteiger partial charge in [-0.15, -0.1) is 0 Å². The van der Waals surface area contributed by atoms with Gasteiger partial charge in [0.2, 0.25) is 5.91 Å². The highest BCUT2D eigenvalue weighted by atomic mass is 16.2. The summed E-state index contributed by atoms with van der Waals surface area (Å²) in [5.74, 6) is 0.774. The van der Waals surface area contributed by atoms with Crippen LogP contribution in [0.1, 0.15) is 40.0 Å². The topological polar surface area (TPSA) is 58.4 Å². The molecule has 1 aliphatic rings. The van der Waals surface area contributed by atoms with Crippen LogP contribution in [0.5, 0.6) is 0 Å². The molecule has 1 heterocycles. The van der Waals surface area contributed by atoms with Crippen LogP contribution in [0, 0.1) is 5.92 Å². The van der Waals surface area contributed by atoms with Gasteiger partial charge in [-0.05, 0) is 39.2 Å². The molecule has 1 aliphatic heterocycles. The first-order valence-electron chi connectivity index (χ1n) is 6.82. The lowest BCUT2D eigenvalue weighted by Gasteiger charge is -2.40. The minimum absolute atomic E-state index is 0.121. The van der Waals surface area contributed by atoms with E-state index in [9.17, 15) is 4.79 Å². The summed E-state index contributed by atoms with van der Waals surface area (Å²) < 4.78 is 0. The zero-order valence-electron chi connectivity index (χ0n) is 11.4. The zero-order chi connectivity index (χ0) is 12.8. The van der Waals surface area contributed by atoms with Gasteiger partial charge < -0.3 is 11.1 Å². The zero-order valence-corrected chi connectivity index (χ0v) is 11.4. The number of amides is 1. The molecule has 1 amide bonds. The Kier molecular flexibility index (Phi) is 5.92. The lowest BCUT2D eigenvalue weighted by molar-refractivity contribution is -0.124. The highest BCUT2D eigenvalue weighted by Crippen LogP contribution is 2.25. The number of hydrogen-bond donors (Lipinski definition) is 2. The number of nitrogens with zero attached hydrogens (tertiary/aromatic N) is 1. The van der Waals surface area contributed by atoms with E-state index < -0.39 is 0 Å². The molecular weight excluding hydrogens is 214 g/mol. The van der Waals surface area contributed by atoms with Gasteiger partial charge in [0.05, 0.1) is 6.54 Å². The monoisotopic (exact) mass is 241 g/mol. The Morgan fingerprint density at radius 3 is 2.76 bits per heavy atom. The molecule has 0 aromatic carbocycles. The van der Waals surface area contributed by atoms with Crippen molar-refractivity contribution in [3.05, 3.63) is 0 Å². The number of carbonyl (C=O) groups is 1. The van der Waals surface area contributed by atoms with Crippen molar-refractivity contribution in [1.82, 2.24) is 10.2 Å². The van der Waals surface area contributed by atoms with Crippen LogP contribution in [0.15, 0.2) is 0 Å². The lowest BCUT2D eigenvalue weighted by Crippen LogP contribution is -2.52. The summed E-state index contributed by atoms with van der Waals surface area (Å²) in [6, 6.07) is 0.595. The molecule has 100 valence electrons. The molecule has 0 aromatic rings. The van der Waals surface area contributed by atoms with Gasteiger partial charge in [0.15, 0.2) is 0 Å². The quantitative estimate of drug-likeness (QED) is 0.754. The molecule has 17 heavy (non-hydrogen) atoms. The normalized spacial score (nSPS) is 26.2. The van der Waals surface area contributed by atoms with Crippen molar-refractivity contribution in [2.45, 2.75) is 52.1 Å². The van der Waals surface area contributed by atoms with Gasteiger partial charge in [-0.1, -0.05) is 13.3 Å². The second-order valence-electron chi connectivity index (χ2n) is 5.31. The van der Waals surface area contributed by atoms with Crippen LogP contribution in [0.3, 0.4) is 0 Å². The fourth-order valence-electron chi connectivity index (χ4n) is 2.78. The third-order valence-electron chi connectivity index (χ3n) is 3.60. The smallest absolute Gasteiger partial charge is 0.234 e. The molecule has 0 aromatic heterocycles. The van der Waals surface area contributed by atoms with E-state index in [2.05, 4.69) is 17.1 Å². The maximum atomic E-state index is 11.8. The molecule has 1 saturated heterocycles. The van der Waals surface area contributed by atoms with Crippen LogP contribution in [-0.2, 0) is 4.79 Å². The average molecular weight is 241 g/mol. The Bertz CT molecular complexity index is 243. The first kappa shape index (κ1) is 14.5. The van der Waals surface area contributed by atoms with Gasteiger partial charge in [-0.2, -0.15) is 0 Å². The fraction of sp³-hybridized carbons (Fsp3) is 0.923. The van der Waals surface area contributed by atoms with E-state index in [4.69, 9.17) is 5.73 Å². The number of nitrogens with two attached hydrogens (primary N) is 1. The summed E-state index contributed by atoms with van der Waals surface area (Å²) in [5.41, 5.74) is 5.86. The lowest BCUT2D eigenvalue weighted by atomic mass is 9.87. The SMILES string of the molecule is CCC1CCCN(CC(=O)NC(C)C)C1CN. The van der Waals surface area contributed by atoms with Crippen LogP contribution in [0.2, 0.25) is 0 Å². The molecule has 0 bridgehead atoms. The summed E-state index contributed by atoms with van der Waals surface area (Å²) in [4.78, 5) is 14.0. The highest BCUT2D eigenvalue weighted by Gasteiger charge is 2.30. The molecule has 3 N–H and O–H groups in total. The van der Waals surface area contributed by atoms with Crippen LogP contribution in [-0.4, -0.2) is 42.5 Å². The molecule has 1 fully saturated rings. The van der Waals surface area contributed by atoms with Crippen molar-refractivity contribution < 1.29 is 4.79 Å². The largest absolute Gasteiger partial charge is 0.353 e. The maximum Gasteiger partial charge on any atom is 0.234 e. The van der Waals surface area contributed by atoms with E-state index in [1.807, 2.05) is 13.8 Å². The second kappa shape index (κ2) is 6.97. The third kappa shape index (κ3) is 4.28. The number of carbonyl (C=O) groups excluding carboxylic acids is 1. The minimum atomic E-state index is 0.121. The van der Waals surface area contributed by atoms with Gasteiger partial charge >= 0.3 is 0 Å². The Morgan fingerprint density at radius 2 is 2.24 bits per heavy atom. The number of hydrogen-bond acceptors (Lipinski definition) is 3. The molecule has 0 radical (unpaired) electrons. The number of piperidine rings is 1. The van der Waals surface area contributed by atoms with Crippen molar-refractivity contribution in [3.8, 4) is 0 Å². The van der Waals surface area contributed by atoms with Gasteiger partial charge in [0, 0.05) is 18.6 Å². The first-order chi connectivity index (χ1) is 8.08. The predicted molar refractivity (Wildman–Crippen MR) is 70.7 cm³/mol. The van der Waals surface area contributed by atoms with Crippen molar-refractivity contribution in [2.75, 3.05) is 19.6 Å². The molecule has 0 aliphatic carbocycles. The summed E-state index contributed by atoms with van der Waals surface area (Å²) >= 11 is 0. The Hall–Kier alpha value is -0.610. The van der Waals surface area contributed by atoms with E-state index >= 15 is 0 Å². The van der Waals surface area contributed by atoms with E-state index in [0.29, 0.717) is 25.0 Å². The fourth-order valence-corrected chi connectivity index (χ4v) is 2.78. The summed E-state index contributed by atoms with van der Waals surface area (Å²) in [6.45, 7) is 8.35. The van der Waals surface area contributed by atoms with Gasteiger partial charge in [0.1, 0.15) is 0 Å². The molecule has 4 nitrogen and oxygen atoms in total. The minimum Gasteiger partial charge on any atom is -0.353 e. The van der Waals surface area contributed by atoms with E-state index in [1.54, 1.807) is 0 Å².